The normalized spacial score (nSPS) is 17.1. The molecule has 2 fully saturated rings. The Hall–Kier alpha value is -2.74. The number of aliphatic imine (C=N–C) groups is 2. The molecule has 39 heavy (non-hydrogen) atoms. The molecule has 2 saturated carbocycles. The Morgan fingerprint density at radius 3 is 1.28 bits per heavy atom. The molecule has 0 saturated heterocycles. The summed E-state index contributed by atoms with van der Waals surface area (Å²) in [6.45, 7) is 0. The van der Waals surface area contributed by atoms with Crippen LogP contribution >= 0.6 is 36.2 Å². The molecular weight excluding hydrogens is 547 g/mol. The van der Waals surface area contributed by atoms with E-state index in [1.54, 1.807) is 11.3 Å². The molecule has 5 rings (SSSR count). The summed E-state index contributed by atoms with van der Waals surface area (Å²) in [6, 6.07) is 21.9. The summed E-state index contributed by atoms with van der Waals surface area (Å²) in [5, 5.41) is 6.50. The fourth-order valence-corrected chi connectivity index (χ4v) is 6.27. The molecule has 0 unspecified atom stereocenters. The summed E-state index contributed by atoms with van der Waals surface area (Å²) in [5.74, 6) is 1.02. The third-order valence-corrected chi connectivity index (χ3v) is 8.47. The minimum absolute atomic E-state index is 0. The van der Waals surface area contributed by atoms with Crippen LogP contribution in [0.2, 0.25) is 0 Å². The Morgan fingerprint density at radius 2 is 0.923 bits per heavy atom. The van der Waals surface area contributed by atoms with Crippen LogP contribution in [0.4, 0.5) is 11.4 Å². The van der Waals surface area contributed by atoms with E-state index in [1.807, 2.05) is 0 Å². The van der Waals surface area contributed by atoms with Gasteiger partial charge in [-0.1, -0.05) is 62.8 Å². The highest BCUT2D eigenvalue weighted by Gasteiger charge is 2.14. The molecule has 9 heteroatoms. The van der Waals surface area contributed by atoms with Crippen LogP contribution in [0.25, 0.3) is 20.9 Å². The van der Waals surface area contributed by atoms with Crippen LogP contribution in [0.5, 0.6) is 0 Å². The van der Waals surface area contributed by atoms with Gasteiger partial charge in [0.2, 0.25) is 0 Å². The maximum Gasteiger partial charge on any atom is 0.193 e. The summed E-state index contributed by atoms with van der Waals surface area (Å²) in [7, 11) is 0. The van der Waals surface area contributed by atoms with Crippen molar-refractivity contribution in [3.8, 4) is 20.9 Å². The number of thiophene rings is 1. The first-order valence-corrected chi connectivity index (χ1v) is 14.5. The molecule has 2 aromatic carbocycles. The molecule has 1 heterocycles. The van der Waals surface area contributed by atoms with E-state index in [0.717, 1.165) is 37.1 Å². The zero-order valence-electron chi connectivity index (χ0n) is 22.3. The number of anilines is 2. The largest absolute Gasteiger partial charge is 0.370 e. The van der Waals surface area contributed by atoms with E-state index < -0.39 is 0 Å². The monoisotopic (exact) mass is 586 g/mol. The third-order valence-electron chi connectivity index (χ3n) is 7.28. The van der Waals surface area contributed by atoms with Crippen LogP contribution in [0.1, 0.15) is 64.2 Å². The second-order valence-corrected chi connectivity index (χ2v) is 11.3. The number of benzene rings is 2. The van der Waals surface area contributed by atoms with E-state index in [0.29, 0.717) is 24.0 Å². The van der Waals surface area contributed by atoms with Crippen molar-refractivity contribution < 1.29 is 0 Å². The minimum atomic E-state index is 0. The van der Waals surface area contributed by atoms with Gasteiger partial charge in [0.05, 0.1) is 12.1 Å². The molecule has 2 aliphatic rings. The maximum absolute atomic E-state index is 6.16. The fraction of sp³-hybridized carbons (Fsp3) is 0.400. The van der Waals surface area contributed by atoms with Gasteiger partial charge in [0.15, 0.2) is 11.9 Å². The molecule has 210 valence electrons. The third kappa shape index (κ3) is 8.88. The first-order chi connectivity index (χ1) is 18.1. The summed E-state index contributed by atoms with van der Waals surface area (Å²) < 4.78 is 0. The lowest BCUT2D eigenvalue weighted by Crippen LogP contribution is -2.26. The molecule has 0 bridgehead atoms. The Labute approximate surface area is 248 Å². The molecule has 0 radical (unpaired) electrons. The van der Waals surface area contributed by atoms with E-state index in [2.05, 4.69) is 81.3 Å². The molecule has 3 aromatic rings. The molecule has 6 N–H and O–H groups in total. The lowest BCUT2D eigenvalue weighted by Gasteiger charge is -2.18. The molecule has 1 aromatic heterocycles. The van der Waals surface area contributed by atoms with Crippen molar-refractivity contribution in [2.24, 2.45) is 21.5 Å². The van der Waals surface area contributed by atoms with Gasteiger partial charge in [0.25, 0.3) is 0 Å². The van der Waals surface area contributed by atoms with Crippen molar-refractivity contribution in [2.45, 2.75) is 76.3 Å². The highest BCUT2D eigenvalue weighted by atomic mass is 35.5. The molecule has 0 aliphatic heterocycles. The smallest absolute Gasteiger partial charge is 0.193 e. The van der Waals surface area contributed by atoms with Gasteiger partial charge in [-0.15, -0.1) is 36.2 Å². The number of hydrogen-bond donors (Lipinski definition) is 4. The molecule has 2 aliphatic carbocycles. The number of nitrogens with zero attached hydrogens (tertiary/aromatic N) is 2. The van der Waals surface area contributed by atoms with Crippen molar-refractivity contribution in [1.29, 1.82) is 0 Å². The van der Waals surface area contributed by atoms with Crippen molar-refractivity contribution in [1.82, 2.24) is 0 Å². The van der Waals surface area contributed by atoms with Gasteiger partial charge in [0, 0.05) is 21.1 Å². The van der Waals surface area contributed by atoms with Gasteiger partial charge in [0.1, 0.15) is 0 Å². The van der Waals surface area contributed by atoms with E-state index in [1.165, 1.54) is 59.4 Å². The summed E-state index contributed by atoms with van der Waals surface area (Å²) in [6.07, 6.45) is 12.2. The molecular formula is C30H40Cl2N6S. The van der Waals surface area contributed by atoms with Crippen molar-refractivity contribution >= 4 is 59.4 Å². The average Bonchev–Trinajstić information content (AvgIpc) is 3.41. The van der Waals surface area contributed by atoms with Gasteiger partial charge >= 0.3 is 0 Å². The molecule has 0 spiro atoms. The van der Waals surface area contributed by atoms with Crippen LogP contribution in [0.15, 0.2) is 70.6 Å². The lowest BCUT2D eigenvalue weighted by atomic mass is 9.96. The predicted octanol–water partition coefficient (Wildman–Crippen LogP) is 8.04. The van der Waals surface area contributed by atoms with Crippen LogP contribution in [-0.4, -0.2) is 24.0 Å². The summed E-state index contributed by atoms with van der Waals surface area (Å²) >= 11 is 1.79. The highest BCUT2D eigenvalue weighted by Crippen LogP contribution is 2.35. The second-order valence-electron chi connectivity index (χ2n) is 10.2. The fourth-order valence-electron chi connectivity index (χ4n) is 5.26. The van der Waals surface area contributed by atoms with E-state index >= 15 is 0 Å². The van der Waals surface area contributed by atoms with E-state index in [9.17, 15) is 0 Å². The topological polar surface area (TPSA) is 101 Å². The van der Waals surface area contributed by atoms with Crippen LogP contribution in [0, 0.1) is 0 Å². The Balaban J connectivity index is 0.00000210. The predicted molar refractivity (Wildman–Crippen MR) is 174 cm³/mol. The molecule has 0 amide bonds. The standard InChI is InChI=1S/C30H38N6S.2ClH/c31-29(33-23-7-3-1-4-8-23)35-25-15-11-21(12-16-25)27-19-20-28(37-27)22-13-17-26(18-14-22)36-30(32)34-24-9-5-2-6-10-24;;/h11-20,23-24H,1-10H2,(H3,31,33,35)(H3,32,34,36);2*1H. The van der Waals surface area contributed by atoms with Gasteiger partial charge in [-0.2, -0.15) is 0 Å². The number of rotatable bonds is 6. The Bertz CT molecular complexity index is 1120. The minimum Gasteiger partial charge on any atom is -0.370 e. The Morgan fingerprint density at radius 1 is 0.564 bits per heavy atom. The van der Waals surface area contributed by atoms with Gasteiger partial charge in [-0.05, 0) is 73.2 Å². The van der Waals surface area contributed by atoms with Crippen LogP contribution in [-0.2, 0) is 0 Å². The SMILES string of the molecule is Cl.Cl.NC(=NC1CCCCC1)Nc1ccc(-c2ccc(-c3ccc(NC(N)=NC4CCCCC4)cc3)s2)cc1. The average molecular weight is 588 g/mol. The van der Waals surface area contributed by atoms with Crippen molar-refractivity contribution in [3.63, 3.8) is 0 Å². The molecule has 6 nitrogen and oxygen atoms in total. The zero-order valence-corrected chi connectivity index (χ0v) is 24.7. The number of guanidine groups is 2. The van der Waals surface area contributed by atoms with E-state index in [-0.39, 0.29) is 24.8 Å². The van der Waals surface area contributed by atoms with Gasteiger partial charge in [-0.3, -0.25) is 0 Å². The number of nitrogens with two attached hydrogens (primary N) is 2. The van der Waals surface area contributed by atoms with Crippen molar-refractivity contribution in [2.75, 3.05) is 10.6 Å². The first-order valence-electron chi connectivity index (χ1n) is 13.6. The zero-order chi connectivity index (χ0) is 25.5. The lowest BCUT2D eigenvalue weighted by molar-refractivity contribution is 0.443. The number of nitrogens with one attached hydrogen (secondary N) is 2. The molecule has 0 atom stereocenters. The van der Waals surface area contributed by atoms with Crippen LogP contribution < -0.4 is 22.1 Å². The number of halogens is 2. The highest BCUT2D eigenvalue weighted by molar-refractivity contribution is 7.18. The summed E-state index contributed by atoms with van der Waals surface area (Å²) in [5.41, 5.74) is 16.6. The summed E-state index contributed by atoms with van der Waals surface area (Å²) in [4.78, 5) is 11.8. The number of hydrogen-bond acceptors (Lipinski definition) is 3. The maximum atomic E-state index is 6.16. The Kier molecular flexibility index (Phi) is 12.0. The second kappa shape index (κ2) is 15.2. The van der Waals surface area contributed by atoms with Crippen molar-refractivity contribution in [3.05, 3.63) is 60.7 Å². The quantitative estimate of drug-likeness (QED) is 0.173. The van der Waals surface area contributed by atoms with E-state index in [4.69, 9.17) is 11.5 Å². The first kappa shape index (κ1) is 30.8. The van der Waals surface area contributed by atoms with Gasteiger partial charge < -0.3 is 22.1 Å². The van der Waals surface area contributed by atoms with Crippen LogP contribution in [0.3, 0.4) is 0 Å². The van der Waals surface area contributed by atoms with Gasteiger partial charge in [-0.25, -0.2) is 9.98 Å².